The summed E-state index contributed by atoms with van der Waals surface area (Å²) in [4.78, 5) is 4.26. The molecule has 0 amide bonds. The van der Waals surface area contributed by atoms with Gasteiger partial charge in [-0.05, 0) is 126 Å². The van der Waals surface area contributed by atoms with Gasteiger partial charge in [-0.15, -0.1) is 0 Å². The Bertz CT molecular complexity index is 1160. The van der Waals surface area contributed by atoms with Gasteiger partial charge in [0, 0.05) is 6.61 Å². The molecule has 6 rings (SSSR count). The molecule has 0 radical (unpaired) electrons. The lowest BCUT2D eigenvalue weighted by atomic mass is 9.32. The van der Waals surface area contributed by atoms with Gasteiger partial charge in [-0.1, -0.05) is 41.2 Å². The van der Waals surface area contributed by atoms with Crippen LogP contribution in [0.3, 0.4) is 0 Å². The Balaban J connectivity index is 0.00000337. The zero-order valence-corrected chi connectivity index (χ0v) is 27.8. The first-order valence-corrected chi connectivity index (χ1v) is 16.3. The minimum atomic E-state index is -0.182. The highest BCUT2D eigenvalue weighted by Gasteiger charge is 2.70. The number of rotatable bonds is 5. The summed E-state index contributed by atoms with van der Waals surface area (Å²) >= 11 is 0. The smallest absolute Gasteiger partial charge is 0.193 e. The van der Waals surface area contributed by atoms with Crippen molar-refractivity contribution in [2.24, 2.45) is 56.7 Å². The Labute approximate surface area is 259 Å². The van der Waals surface area contributed by atoms with Crippen molar-refractivity contribution < 1.29 is 36.9 Å². The molecule has 3 N–H and O–H groups in total. The molecule has 41 heavy (non-hydrogen) atoms. The number of allylic oxidation sites excluding steroid dienone is 1. The monoisotopic (exact) mass is 630 g/mol. The first kappa shape index (κ1) is 31.6. The van der Waals surface area contributed by atoms with Crippen LogP contribution in [0.4, 0.5) is 0 Å². The fourth-order valence-corrected chi connectivity index (χ4v) is 12.5. The lowest BCUT2D eigenvalue weighted by Gasteiger charge is -2.73. The molecule has 0 bridgehead atoms. The molecule has 1 aromatic heterocycles. The van der Waals surface area contributed by atoms with E-state index < -0.39 is 0 Å². The van der Waals surface area contributed by atoms with Crippen LogP contribution in [0.25, 0.3) is 0 Å². The molecule has 1 heterocycles. The minimum absolute atomic E-state index is 0. The molecule has 0 spiro atoms. The minimum Gasteiger partial charge on any atom is -1.00 e. The number of halogens is 1. The van der Waals surface area contributed by atoms with E-state index in [9.17, 15) is 15.3 Å². The molecule has 6 heteroatoms. The number of hydrogen-bond donors (Lipinski definition) is 3. The van der Waals surface area contributed by atoms with E-state index in [0.29, 0.717) is 41.9 Å². The molecular formula is C35H55BrN2O3. The second-order valence-electron chi connectivity index (χ2n) is 16.3. The van der Waals surface area contributed by atoms with E-state index in [0.717, 1.165) is 38.6 Å². The highest BCUT2D eigenvalue weighted by molar-refractivity contribution is 5.21. The second kappa shape index (κ2) is 10.7. The number of fused-ring (bicyclic) bond motifs is 7. The normalized spacial score (nSPS) is 46.3. The quantitative estimate of drug-likeness (QED) is 0.345. The third kappa shape index (κ3) is 4.38. The van der Waals surface area contributed by atoms with Crippen LogP contribution in [0.5, 0.6) is 0 Å². The Kier molecular flexibility index (Phi) is 8.22. The summed E-state index contributed by atoms with van der Waals surface area (Å²) in [5, 5.41) is 31.6. The molecule has 4 unspecified atom stereocenters. The van der Waals surface area contributed by atoms with Crippen LogP contribution in [-0.2, 0) is 13.2 Å². The lowest BCUT2D eigenvalue weighted by molar-refractivity contribution is -0.690. The first-order chi connectivity index (χ1) is 18.9. The molecule has 5 nitrogen and oxygen atoms in total. The van der Waals surface area contributed by atoms with Gasteiger partial charge >= 0.3 is 0 Å². The second-order valence-corrected chi connectivity index (χ2v) is 16.3. The molecule has 5 saturated carbocycles. The van der Waals surface area contributed by atoms with Crippen molar-refractivity contribution >= 4 is 0 Å². The van der Waals surface area contributed by atoms with Crippen LogP contribution >= 0.6 is 0 Å². The maximum atomic E-state index is 11.0. The van der Waals surface area contributed by atoms with Crippen molar-refractivity contribution in [1.29, 1.82) is 0 Å². The van der Waals surface area contributed by atoms with E-state index in [2.05, 4.69) is 50.7 Å². The lowest BCUT2D eigenvalue weighted by Crippen LogP contribution is -3.00. The average molecular weight is 632 g/mol. The summed E-state index contributed by atoms with van der Waals surface area (Å²) in [6.45, 7) is 18.3. The van der Waals surface area contributed by atoms with Crippen LogP contribution < -0.4 is 21.5 Å². The van der Waals surface area contributed by atoms with Gasteiger partial charge in [0.25, 0.3) is 0 Å². The summed E-state index contributed by atoms with van der Waals surface area (Å²) in [6.07, 6.45) is 17.3. The van der Waals surface area contributed by atoms with E-state index in [1.807, 2.05) is 12.4 Å². The number of aliphatic hydroxyl groups excluding tert-OH is 3. The van der Waals surface area contributed by atoms with Gasteiger partial charge in [0.05, 0.1) is 18.9 Å². The molecule has 230 valence electrons. The summed E-state index contributed by atoms with van der Waals surface area (Å²) in [6, 6.07) is 0. The van der Waals surface area contributed by atoms with E-state index in [-0.39, 0.29) is 56.8 Å². The fourth-order valence-electron chi connectivity index (χ4n) is 12.5. The van der Waals surface area contributed by atoms with Crippen molar-refractivity contribution in [1.82, 2.24) is 4.98 Å². The molecule has 0 aliphatic heterocycles. The van der Waals surface area contributed by atoms with Crippen molar-refractivity contribution in [3.63, 3.8) is 0 Å². The van der Waals surface area contributed by atoms with Crippen molar-refractivity contribution in [3.05, 3.63) is 36.4 Å². The fraction of sp³-hybridized carbons (Fsp3) is 0.829. The van der Waals surface area contributed by atoms with Crippen LogP contribution in [0, 0.1) is 56.7 Å². The van der Waals surface area contributed by atoms with Crippen LogP contribution in [-0.4, -0.2) is 33.0 Å². The number of aromatic nitrogens is 2. The Morgan fingerprint density at radius 2 is 1.68 bits per heavy atom. The van der Waals surface area contributed by atoms with Crippen molar-refractivity contribution in [2.45, 2.75) is 118 Å². The molecule has 10 atom stereocenters. The van der Waals surface area contributed by atoms with E-state index in [1.165, 1.54) is 37.7 Å². The van der Waals surface area contributed by atoms with E-state index in [4.69, 9.17) is 0 Å². The largest absolute Gasteiger partial charge is 1.00 e. The molecule has 0 aromatic carbocycles. The van der Waals surface area contributed by atoms with Crippen LogP contribution in [0.2, 0.25) is 0 Å². The highest BCUT2D eigenvalue weighted by atomic mass is 79.9. The van der Waals surface area contributed by atoms with Gasteiger partial charge in [-0.3, -0.25) is 0 Å². The van der Waals surface area contributed by atoms with Gasteiger partial charge in [0.2, 0.25) is 0 Å². The Morgan fingerprint density at radius 3 is 2.39 bits per heavy atom. The number of hydrogen-bond acceptors (Lipinski definition) is 4. The first-order valence-electron chi connectivity index (χ1n) is 16.3. The molecule has 5 fully saturated rings. The summed E-state index contributed by atoms with van der Waals surface area (Å²) < 4.78 is 2.13. The standard InChI is InChI=1S/C35H55N2O3.BrH/c1-23(19-37-18-17-36-24(20-37)21-38)25-9-14-35(22-39)16-15-33(5)26(30(25)35)7-8-28-32(4)12-11-29(40)31(2,3)27(32)10-13-34(28,33)6;/h17-18,20,25-30,38-40H,1,7-16,19,21-22H2,2-6H3;1H/q+1;/p-1/t25-,26?,27?,28?,29-,30?,32-,33+,34+,35+;/m0./s1. The molecular weight excluding hydrogens is 576 g/mol. The van der Waals surface area contributed by atoms with Crippen LogP contribution in [0.15, 0.2) is 30.7 Å². The maximum absolute atomic E-state index is 11.0. The predicted octanol–water partition coefficient (Wildman–Crippen LogP) is 2.86. The van der Waals surface area contributed by atoms with E-state index in [1.54, 1.807) is 6.20 Å². The predicted molar refractivity (Wildman–Crippen MR) is 157 cm³/mol. The van der Waals surface area contributed by atoms with Gasteiger partial charge < -0.3 is 32.3 Å². The molecule has 5 aliphatic carbocycles. The maximum Gasteiger partial charge on any atom is 0.193 e. The summed E-state index contributed by atoms with van der Waals surface area (Å²) in [5.74, 6) is 2.79. The summed E-state index contributed by atoms with van der Waals surface area (Å²) in [5.41, 5.74) is 2.80. The third-order valence-electron chi connectivity index (χ3n) is 14.8. The van der Waals surface area contributed by atoms with Crippen LogP contribution in [0.1, 0.15) is 105 Å². The van der Waals surface area contributed by atoms with Gasteiger partial charge in [-0.25, -0.2) is 4.98 Å². The van der Waals surface area contributed by atoms with Gasteiger partial charge in [0.1, 0.15) is 5.69 Å². The van der Waals surface area contributed by atoms with Crippen molar-refractivity contribution in [3.8, 4) is 0 Å². The molecule has 5 aliphatic rings. The zero-order valence-electron chi connectivity index (χ0n) is 26.2. The Hall–Kier alpha value is -0.820. The number of aliphatic hydroxyl groups is 3. The average Bonchev–Trinajstić information content (AvgIpc) is 3.32. The third-order valence-corrected chi connectivity index (χ3v) is 14.8. The zero-order chi connectivity index (χ0) is 28.7. The SMILES string of the molecule is C=C(C[n+]1ccnc(CO)c1)[C@@H]1CC[C@]2(CO)CC[C@]3(C)C(CCC4[C@@]5(C)CC[C@H](O)C(C)(C)C5CC[C@]43C)C12.[Br-]. The molecule has 1 aromatic rings. The van der Waals surface area contributed by atoms with Crippen molar-refractivity contribution in [2.75, 3.05) is 6.61 Å². The van der Waals surface area contributed by atoms with E-state index >= 15 is 0 Å². The molecule has 0 saturated heterocycles. The number of nitrogens with zero attached hydrogens (tertiary/aromatic N) is 2. The highest BCUT2D eigenvalue weighted by Crippen LogP contribution is 2.77. The van der Waals surface area contributed by atoms with Gasteiger partial charge in [0.15, 0.2) is 18.9 Å². The Morgan fingerprint density at radius 1 is 0.927 bits per heavy atom. The summed E-state index contributed by atoms with van der Waals surface area (Å²) in [7, 11) is 0. The van der Waals surface area contributed by atoms with Gasteiger partial charge in [-0.2, -0.15) is 4.57 Å². The topological polar surface area (TPSA) is 77.5 Å².